The zero-order valence-corrected chi connectivity index (χ0v) is 13.1. The molecule has 0 aromatic heterocycles. The molecule has 0 saturated carbocycles. The summed E-state index contributed by atoms with van der Waals surface area (Å²) in [5.74, 6) is 0.694. The molecular weight excluding hydrogens is 286 g/mol. The predicted molar refractivity (Wildman–Crippen MR) is 84.7 cm³/mol. The average Bonchev–Trinajstić information content (AvgIpc) is 2.31. The number of nitrogens with zero attached hydrogens (tertiary/aromatic N) is 1. The Morgan fingerprint density at radius 3 is 2.56 bits per heavy atom. The van der Waals surface area contributed by atoms with Crippen molar-refractivity contribution in [2.75, 3.05) is 0 Å². The topological polar surface area (TPSA) is 12.4 Å². The van der Waals surface area contributed by atoms with E-state index in [4.69, 9.17) is 0 Å². The molecule has 0 aliphatic heterocycles. The van der Waals surface area contributed by atoms with Crippen molar-refractivity contribution < 1.29 is 0 Å². The zero-order valence-electron chi connectivity index (χ0n) is 11.5. The van der Waals surface area contributed by atoms with E-state index in [9.17, 15) is 0 Å². The van der Waals surface area contributed by atoms with E-state index in [2.05, 4.69) is 47.8 Å². The van der Waals surface area contributed by atoms with Gasteiger partial charge in [-0.3, -0.25) is 4.99 Å². The largest absolute Gasteiger partial charge is 0.261 e. The third-order valence-corrected chi connectivity index (χ3v) is 3.32. The normalized spacial score (nSPS) is 12.7. The van der Waals surface area contributed by atoms with Crippen molar-refractivity contribution in [2.24, 2.45) is 10.9 Å². The quantitative estimate of drug-likeness (QED) is 0.456. The van der Waals surface area contributed by atoms with Crippen LogP contribution < -0.4 is 0 Å². The molecule has 0 heterocycles. The molecule has 0 spiro atoms. The van der Waals surface area contributed by atoms with Crippen LogP contribution in [0.3, 0.4) is 0 Å². The van der Waals surface area contributed by atoms with Crippen molar-refractivity contribution in [1.29, 1.82) is 0 Å². The highest BCUT2D eigenvalue weighted by atomic mass is 79.9. The molecule has 0 fully saturated rings. The Labute approximate surface area is 119 Å². The molecule has 1 unspecified atom stereocenters. The van der Waals surface area contributed by atoms with E-state index in [1.807, 2.05) is 30.5 Å². The van der Waals surface area contributed by atoms with Gasteiger partial charge >= 0.3 is 0 Å². The van der Waals surface area contributed by atoms with Gasteiger partial charge in [-0.15, -0.1) is 0 Å². The Morgan fingerprint density at radius 1 is 1.28 bits per heavy atom. The first-order valence-corrected chi connectivity index (χ1v) is 7.28. The molecule has 1 atom stereocenters. The highest BCUT2D eigenvalue weighted by Gasteiger charge is 1.98. The maximum Gasteiger partial charge on any atom is 0.0626 e. The maximum atomic E-state index is 4.47. The highest BCUT2D eigenvalue weighted by Crippen LogP contribution is 2.17. The second-order valence-corrected chi connectivity index (χ2v) is 5.90. The van der Waals surface area contributed by atoms with Crippen LogP contribution in [0, 0.1) is 5.92 Å². The standard InChI is InChI=1S/C16H22BrN/c1-13(2)5-4-6-14(3)11-12-18-16-9-7-15(17)8-10-16/h5,7-10,12,14H,4,6,11H2,1-3H3. The lowest BCUT2D eigenvalue weighted by molar-refractivity contribution is 0.563. The molecule has 1 nitrogen and oxygen atoms in total. The van der Waals surface area contributed by atoms with Crippen molar-refractivity contribution in [3.63, 3.8) is 0 Å². The third-order valence-electron chi connectivity index (χ3n) is 2.79. The molecule has 0 aliphatic rings. The maximum absolute atomic E-state index is 4.47. The van der Waals surface area contributed by atoms with Gasteiger partial charge in [0, 0.05) is 10.7 Å². The molecule has 1 aromatic rings. The molecule has 0 saturated heterocycles. The fraction of sp³-hybridized carbons (Fsp3) is 0.438. The number of aliphatic imine (C=N–C) groups is 1. The van der Waals surface area contributed by atoms with Gasteiger partial charge in [-0.2, -0.15) is 0 Å². The summed E-state index contributed by atoms with van der Waals surface area (Å²) in [6.45, 7) is 6.59. The molecule has 0 N–H and O–H groups in total. The van der Waals surface area contributed by atoms with Gasteiger partial charge in [0.1, 0.15) is 0 Å². The Hall–Kier alpha value is -0.890. The summed E-state index contributed by atoms with van der Waals surface area (Å²) in [7, 11) is 0. The summed E-state index contributed by atoms with van der Waals surface area (Å²) in [5, 5.41) is 0. The molecule has 0 aliphatic carbocycles. The summed E-state index contributed by atoms with van der Waals surface area (Å²) in [6.07, 6.45) is 7.80. The Kier molecular flexibility index (Phi) is 6.96. The molecule has 1 rings (SSSR count). The minimum absolute atomic E-state index is 0.694. The summed E-state index contributed by atoms with van der Waals surface area (Å²) < 4.78 is 1.09. The van der Waals surface area contributed by atoms with E-state index in [1.54, 1.807) is 0 Å². The molecule has 0 radical (unpaired) electrons. The van der Waals surface area contributed by atoms with E-state index < -0.39 is 0 Å². The van der Waals surface area contributed by atoms with Crippen LogP contribution in [0.5, 0.6) is 0 Å². The molecule has 18 heavy (non-hydrogen) atoms. The van der Waals surface area contributed by atoms with Crippen LogP contribution in [-0.4, -0.2) is 6.21 Å². The SMILES string of the molecule is CC(C)=CCCC(C)CC=Nc1ccc(Br)cc1. The van der Waals surface area contributed by atoms with Crippen LogP contribution in [0.25, 0.3) is 0 Å². The minimum Gasteiger partial charge on any atom is -0.261 e. The van der Waals surface area contributed by atoms with E-state index in [0.717, 1.165) is 16.6 Å². The number of hydrogen-bond acceptors (Lipinski definition) is 1. The van der Waals surface area contributed by atoms with Gasteiger partial charge in [-0.1, -0.05) is 34.5 Å². The predicted octanol–water partition coefficient (Wildman–Crippen LogP) is 5.92. The van der Waals surface area contributed by atoms with Crippen LogP contribution in [-0.2, 0) is 0 Å². The zero-order chi connectivity index (χ0) is 13.4. The molecular formula is C16H22BrN. The molecule has 2 heteroatoms. The van der Waals surface area contributed by atoms with Gasteiger partial charge in [0.2, 0.25) is 0 Å². The van der Waals surface area contributed by atoms with Gasteiger partial charge in [0.15, 0.2) is 0 Å². The number of benzene rings is 1. The van der Waals surface area contributed by atoms with Crippen LogP contribution >= 0.6 is 15.9 Å². The van der Waals surface area contributed by atoms with E-state index in [1.165, 1.54) is 18.4 Å². The first-order valence-electron chi connectivity index (χ1n) is 6.49. The minimum atomic E-state index is 0.694. The van der Waals surface area contributed by atoms with Gasteiger partial charge in [0.05, 0.1) is 5.69 Å². The fourth-order valence-corrected chi connectivity index (χ4v) is 1.90. The van der Waals surface area contributed by atoms with Crippen LogP contribution in [0.2, 0.25) is 0 Å². The summed E-state index contributed by atoms with van der Waals surface area (Å²) in [4.78, 5) is 4.47. The smallest absolute Gasteiger partial charge is 0.0626 e. The summed E-state index contributed by atoms with van der Waals surface area (Å²) in [6, 6.07) is 8.08. The monoisotopic (exact) mass is 307 g/mol. The van der Waals surface area contributed by atoms with Crippen molar-refractivity contribution in [2.45, 2.75) is 40.0 Å². The lowest BCUT2D eigenvalue weighted by Crippen LogP contribution is -1.94. The van der Waals surface area contributed by atoms with E-state index in [0.29, 0.717) is 5.92 Å². The Bertz CT molecular complexity index is 400. The molecule has 0 bridgehead atoms. The van der Waals surface area contributed by atoms with Crippen molar-refractivity contribution in [1.82, 2.24) is 0 Å². The Morgan fingerprint density at radius 2 is 1.94 bits per heavy atom. The second kappa shape index (κ2) is 8.25. The van der Waals surface area contributed by atoms with E-state index in [-0.39, 0.29) is 0 Å². The summed E-state index contributed by atoms with van der Waals surface area (Å²) >= 11 is 3.42. The summed E-state index contributed by atoms with van der Waals surface area (Å²) in [5.41, 5.74) is 2.43. The lowest BCUT2D eigenvalue weighted by Gasteiger charge is -2.05. The lowest BCUT2D eigenvalue weighted by atomic mass is 10.0. The molecule has 0 amide bonds. The van der Waals surface area contributed by atoms with Gasteiger partial charge < -0.3 is 0 Å². The fourth-order valence-electron chi connectivity index (χ4n) is 1.64. The number of rotatable bonds is 6. The van der Waals surface area contributed by atoms with E-state index >= 15 is 0 Å². The Balaban J connectivity index is 2.31. The van der Waals surface area contributed by atoms with Crippen LogP contribution in [0.15, 0.2) is 45.4 Å². The number of hydrogen-bond donors (Lipinski definition) is 0. The van der Waals surface area contributed by atoms with Crippen molar-refractivity contribution >= 4 is 27.8 Å². The van der Waals surface area contributed by atoms with Gasteiger partial charge in [0.25, 0.3) is 0 Å². The van der Waals surface area contributed by atoms with Crippen LogP contribution in [0.1, 0.15) is 40.0 Å². The van der Waals surface area contributed by atoms with Crippen molar-refractivity contribution in [3.8, 4) is 0 Å². The number of allylic oxidation sites excluding steroid dienone is 2. The average molecular weight is 308 g/mol. The first kappa shape index (κ1) is 15.2. The number of halogens is 1. The highest BCUT2D eigenvalue weighted by molar-refractivity contribution is 9.10. The first-order chi connectivity index (χ1) is 8.58. The van der Waals surface area contributed by atoms with Crippen molar-refractivity contribution in [3.05, 3.63) is 40.4 Å². The second-order valence-electron chi connectivity index (χ2n) is 4.99. The third kappa shape index (κ3) is 6.75. The van der Waals surface area contributed by atoms with Crippen LogP contribution in [0.4, 0.5) is 5.69 Å². The molecule has 98 valence electrons. The van der Waals surface area contributed by atoms with Gasteiger partial charge in [-0.25, -0.2) is 0 Å². The van der Waals surface area contributed by atoms with Gasteiger partial charge in [-0.05, 0) is 63.3 Å². The molecule has 1 aromatic carbocycles.